The van der Waals surface area contributed by atoms with Gasteiger partial charge >= 0.3 is 0 Å². The maximum Gasteiger partial charge on any atom is 0.239 e. The Kier molecular flexibility index (Phi) is 25.1. The molecule has 0 unspecified atom stereocenters. The molecule has 14 nitrogen and oxygen atoms in total. The number of carbonyl (C=O) groups excluding carboxylic acids is 4. The molecule has 0 spiro atoms. The molecule has 0 aliphatic carbocycles. The van der Waals surface area contributed by atoms with Gasteiger partial charge in [0.05, 0.1) is 46.3 Å². The molecule has 0 saturated carbocycles. The Hall–Kier alpha value is -2.36. The number of nitrogens with one attached hydrogen (secondary N) is 6. The number of rotatable bonds is 19. The van der Waals surface area contributed by atoms with E-state index in [0.29, 0.717) is 26.2 Å². The Morgan fingerprint density at radius 2 is 1.35 bits per heavy atom. The molecule has 0 rings (SSSR count). The van der Waals surface area contributed by atoms with Crippen LogP contribution in [0.15, 0.2) is 0 Å². The predicted octanol–water partition coefficient (Wildman–Crippen LogP) is -2.61. The van der Waals surface area contributed by atoms with E-state index in [-0.39, 0.29) is 77.1 Å². The molecule has 0 bridgehead atoms. The molecule has 0 heterocycles. The van der Waals surface area contributed by atoms with E-state index in [1.54, 1.807) is 18.9 Å². The van der Waals surface area contributed by atoms with Crippen LogP contribution in [0.2, 0.25) is 0 Å². The van der Waals surface area contributed by atoms with Crippen LogP contribution in [0.25, 0.3) is 0 Å². The fourth-order valence-electron chi connectivity index (χ4n) is 2.01. The first kappa shape index (κ1) is 33.8. The van der Waals surface area contributed by atoms with Crippen LogP contribution in [0.1, 0.15) is 21.0 Å². The third-order valence-electron chi connectivity index (χ3n) is 3.73. The number of hydrogen-bond donors (Lipinski definition) is 7. The van der Waals surface area contributed by atoms with Gasteiger partial charge in [0.1, 0.15) is 0 Å². The summed E-state index contributed by atoms with van der Waals surface area (Å²) < 4.78 is 10.5. The van der Waals surface area contributed by atoms with Gasteiger partial charge in [0.25, 0.3) is 0 Å². The summed E-state index contributed by atoms with van der Waals surface area (Å²) in [6.07, 6.45) is 0. The second-order valence-corrected chi connectivity index (χ2v) is 6.80. The summed E-state index contributed by atoms with van der Waals surface area (Å²) in [6.45, 7) is 6.46. The molecule has 0 aromatic heterocycles. The molecule has 0 aromatic rings. The van der Waals surface area contributed by atoms with E-state index in [0.717, 1.165) is 6.54 Å². The number of likely N-dealkylation sites (N-methyl/N-ethyl adjacent to an activating group) is 2. The summed E-state index contributed by atoms with van der Waals surface area (Å²) in [6, 6.07) is 0. The van der Waals surface area contributed by atoms with Gasteiger partial charge in [0.2, 0.25) is 23.6 Å². The van der Waals surface area contributed by atoms with E-state index in [1.807, 2.05) is 7.05 Å². The summed E-state index contributed by atoms with van der Waals surface area (Å²) in [7, 11) is 3.57. The Bertz CT molecular complexity index is 575. The molecule has 4 amide bonds. The standard InChI is InChI=1S/C18H37N7O6.C2H6O.5H2/c1-15(26)24-11-17(28)23-6-9-30-13-20-10-16(27)22-5-8-31-14-21-12-18(29)25(3)7-4-19-2;1-2-3;;;;;/h19-21H,4-14H2,1-3H3,(H,22,27)(H,23,28)(H,24,26);3H,2H2,1H3;5*1H. The first-order chi connectivity index (χ1) is 16.3. The van der Waals surface area contributed by atoms with Gasteiger partial charge in [-0.25, -0.2) is 0 Å². The van der Waals surface area contributed by atoms with Crippen molar-refractivity contribution in [2.24, 2.45) is 0 Å². The molecule has 0 radical (unpaired) electrons. The van der Waals surface area contributed by atoms with Crippen molar-refractivity contribution in [3.63, 3.8) is 0 Å². The van der Waals surface area contributed by atoms with Crippen LogP contribution in [0.5, 0.6) is 0 Å². The van der Waals surface area contributed by atoms with E-state index in [4.69, 9.17) is 14.6 Å². The van der Waals surface area contributed by atoms with E-state index in [9.17, 15) is 19.2 Å². The molecular formula is C20H53N7O7. The Labute approximate surface area is 209 Å². The topological polar surface area (TPSA) is 182 Å². The van der Waals surface area contributed by atoms with Gasteiger partial charge in [0, 0.05) is 53.9 Å². The van der Waals surface area contributed by atoms with E-state index >= 15 is 0 Å². The van der Waals surface area contributed by atoms with E-state index in [2.05, 4.69) is 31.9 Å². The number of hydrogen-bond acceptors (Lipinski definition) is 10. The average molecular weight is 504 g/mol. The molecule has 34 heavy (non-hydrogen) atoms. The smallest absolute Gasteiger partial charge is 0.239 e. The molecule has 0 fully saturated rings. The van der Waals surface area contributed by atoms with Crippen LogP contribution in [-0.2, 0) is 28.7 Å². The fraction of sp³-hybridized carbons (Fsp3) is 0.800. The molecule has 0 aliphatic rings. The number of aliphatic hydroxyl groups excluding tert-OH is 1. The Morgan fingerprint density at radius 1 is 0.853 bits per heavy atom. The van der Waals surface area contributed by atoms with Gasteiger partial charge in [-0.05, 0) is 14.0 Å². The molecule has 0 aliphatic heterocycles. The summed E-state index contributed by atoms with van der Waals surface area (Å²) in [5.74, 6) is -0.794. The maximum absolute atomic E-state index is 11.8. The second-order valence-electron chi connectivity index (χ2n) is 6.80. The van der Waals surface area contributed by atoms with Crippen LogP contribution < -0.4 is 31.9 Å². The molecule has 0 saturated heterocycles. The molecule has 7 N–H and O–H groups in total. The zero-order chi connectivity index (χ0) is 26.0. The van der Waals surface area contributed by atoms with Crippen molar-refractivity contribution in [2.45, 2.75) is 13.8 Å². The first-order valence-electron chi connectivity index (χ1n) is 11.1. The van der Waals surface area contributed by atoms with Crippen molar-refractivity contribution in [1.82, 2.24) is 36.8 Å². The summed E-state index contributed by atoms with van der Waals surface area (Å²) in [5.41, 5.74) is 0. The SMILES string of the molecule is CCO.CNCCN(C)C(=O)CNCOCCNC(=O)CNCOCCNC(=O)CNC(C)=O.[HH].[HH].[HH].[HH].[HH]. The van der Waals surface area contributed by atoms with E-state index < -0.39 is 0 Å². The molecule has 14 heteroatoms. The van der Waals surface area contributed by atoms with Crippen molar-refractivity contribution in [3.05, 3.63) is 0 Å². The number of ether oxygens (including phenoxy) is 2. The van der Waals surface area contributed by atoms with Crippen LogP contribution in [0, 0.1) is 0 Å². The molecular weight excluding hydrogens is 450 g/mol. The number of aliphatic hydroxyl groups is 1. The van der Waals surface area contributed by atoms with Crippen molar-refractivity contribution in [2.75, 3.05) is 93.2 Å². The quantitative estimate of drug-likeness (QED) is 0.0728. The minimum Gasteiger partial charge on any atom is -0.397 e. The van der Waals surface area contributed by atoms with Gasteiger partial charge in [-0.3, -0.25) is 29.8 Å². The zero-order valence-electron chi connectivity index (χ0n) is 20.8. The lowest BCUT2D eigenvalue weighted by molar-refractivity contribution is -0.129. The van der Waals surface area contributed by atoms with Gasteiger partial charge < -0.3 is 40.7 Å². The van der Waals surface area contributed by atoms with Gasteiger partial charge in [-0.15, -0.1) is 0 Å². The van der Waals surface area contributed by atoms with Gasteiger partial charge in [0.15, 0.2) is 0 Å². The normalized spacial score (nSPS) is 10.0. The monoisotopic (exact) mass is 503 g/mol. The number of nitrogens with zero attached hydrogens (tertiary/aromatic N) is 1. The lowest BCUT2D eigenvalue weighted by atomic mass is 10.5. The molecule has 0 atom stereocenters. The highest BCUT2D eigenvalue weighted by Gasteiger charge is 2.07. The van der Waals surface area contributed by atoms with Crippen molar-refractivity contribution < 1.29 is 40.9 Å². The second kappa shape index (κ2) is 25.3. The first-order valence-corrected chi connectivity index (χ1v) is 11.1. The zero-order valence-corrected chi connectivity index (χ0v) is 20.8. The van der Waals surface area contributed by atoms with Gasteiger partial charge in [-0.1, -0.05) is 0 Å². The summed E-state index contributed by atoms with van der Waals surface area (Å²) in [5, 5.41) is 23.9. The van der Waals surface area contributed by atoms with Crippen LogP contribution in [0.3, 0.4) is 0 Å². The predicted molar refractivity (Wildman–Crippen MR) is 137 cm³/mol. The van der Waals surface area contributed by atoms with Gasteiger partial charge in [-0.2, -0.15) is 0 Å². The number of amides is 4. The fourth-order valence-corrected chi connectivity index (χ4v) is 2.01. The lowest BCUT2D eigenvalue weighted by Crippen LogP contribution is -2.40. The highest BCUT2D eigenvalue weighted by Crippen LogP contribution is 1.82. The highest BCUT2D eigenvalue weighted by atomic mass is 16.5. The average Bonchev–Trinajstić information content (AvgIpc) is 2.80. The summed E-state index contributed by atoms with van der Waals surface area (Å²) >= 11 is 0. The van der Waals surface area contributed by atoms with E-state index in [1.165, 1.54) is 6.92 Å². The third-order valence-corrected chi connectivity index (χ3v) is 3.73. The minimum absolute atomic E-state index is 0. The lowest BCUT2D eigenvalue weighted by Gasteiger charge is -2.17. The third kappa shape index (κ3) is 25.9. The largest absolute Gasteiger partial charge is 0.397 e. The van der Waals surface area contributed by atoms with Crippen LogP contribution in [-0.4, -0.2) is 127 Å². The minimum atomic E-state index is -0.299. The highest BCUT2D eigenvalue weighted by molar-refractivity contribution is 5.83. The Balaban J connectivity index is -0.000000244. The van der Waals surface area contributed by atoms with Crippen molar-refractivity contribution in [3.8, 4) is 0 Å². The van der Waals surface area contributed by atoms with Crippen LogP contribution >= 0.6 is 0 Å². The Morgan fingerprint density at radius 3 is 1.85 bits per heavy atom. The van der Waals surface area contributed by atoms with Crippen LogP contribution in [0.4, 0.5) is 0 Å². The maximum atomic E-state index is 11.8. The number of carbonyl (C=O) groups is 4. The van der Waals surface area contributed by atoms with Crippen molar-refractivity contribution in [1.29, 1.82) is 0 Å². The summed E-state index contributed by atoms with van der Waals surface area (Å²) in [4.78, 5) is 47.0. The molecule has 210 valence electrons. The van der Waals surface area contributed by atoms with Crippen molar-refractivity contribution >= 4 is 23.6 Å². The molecule has 0 aromatic carbocycles.